The predicted molar refractivity (Wildman–Crippen MR) is 164 cm³/mol. The third-order valence-electron chi connectivity index (χ3n) is 8.59. The lowest BCUT2D eigenvalue weighted by Gasteiger charge is -2.36. The van der Waals surface area contributed by atoms with Crippen LogP contribution in [0.4, 0.5) is 16.2 Å². The van der Waals surface area contributed by atoms with Gasteiger partial charge in [0.15, 0.2) is 0 Å². The van der Waals surface area contributed by atoms with Crippen molar-refractivity contribution >= 4 is 40.1 Å². The Labute approximate surface area is 243 Å². The molecule has 3 heterocycles. The average molecular weight is 555 g/mol. The van der Waals surface area contributed by atoms with E-state index < -0.39 is 12.1 Å². The molecule has 2 atom stereocenters. The molecule has 7 rings (SSSR count). The fourth-order valence-corrected chi connectivity index (χ4v) is 6.19. The first-order valence-electron chi connectivity index (χ1n) is 14.1. The summed E-state index contributed by atoms with van der Waals surface area (Å²) in [4.78, 5) is 47.5. The lowest BCUT2D eigenvalue weighted by Crippen LogP contribution is -2.44. The highest BCUT2D eigenvalue weighted by molar-refractivity contribution is 6.22. The summed E-state index contributed by atoms with van der Waals surface area (Å²) in [5.74, 6) is -0.522. The van der Waals surface area contributed by atoms with Crippen LogP contribution in [-0.2, 0) is 11.2 Å². The molecule has 4 aromatic carbocycles. The van der Waals surface area contributed by atoms with E-state index in [1.54, 1.807) is 29.2 Å². The quantitative estimate of drug-likeness (QED) is 0.239. The van der Waals surface area contributed by atoms with Gasteiger partial charge in [-0.2, -0.15) is 0 Å². The molecule has 4 amide bonds. The van der Waals surface area contributed by atoms with E-state index in [0.29, 0.717) is 23.4 Å². The molecule has 2 aliphatic heterocycles. The number of H-pyrrole nitrogens is 1. The van der Waals surface area contributed by atoms with E-state index in [1.165, 1.54) is 4.90 Å². The molecule has 7 nitrogen and oxygen atoms in total. The summed E-state index contributed by atoms with van der Waals surface area (Å²) in [5.41, 5.74) is 8.91. The molecule has 42 heavy (non-hydrogen) atoms. The van der Waals surface area contributed by atoms with Crippen LogP contribution in [0.1, 0.15) is 49.9 Å². The number of fused-ring (bicyclic) bond motifs is 4. The number of carbonyl (C=O) groups is 3. The molecule has 2 N–H and O–H groups in total. The molecule has 0 spiro atoms. The number of aromatic nitrogens is 1. The van der Waals surface area contributed by atoms with Crippen molar-refractivity contribution in [2.24, 2.45) is 0 Å². The molecule has 5 aromatic rings. The number of aryl methyl sites for hydroxylation is 3. The maximum atomic E-state index is 14.1. The Hall–Kier alpha value is -5.17. The van der Waals surface area contributed by atoms with E-state index in [1.807, 2.05) is 81.4 Å². The standard InChI is InChI=1S/C35H30N4O3/c1-20-8-11-23(12-9-20)32-31-28(27-6-4-5-7-29(27)37-31)19-30-34(41)38(35(42)39(30)32)26-16-13-24(14-17-26)33(40)36-25-15-10-21(2)22(3)18-25/h4-18,30,32,37H,19H2,1-3H3,(H,36,40). The van der Waals surface area contributed by atoms with Crippen LogP contribution in [0.3, 0.4) is 0 Å². The van der Waals surface area contributed by atoms with Gasteiger partial charge >= 0.3 is 6.03 Å². The number of nitrogens with zero attached hydrogens (tertiary/aromatic N) is 2. The molecular weight excluding hydrogens is 524 g/mol. The fourth-order valence-electron chi connectivity index (χ4n) is 6.19. The highest BCUT2D eigenvalue weighted by atomic mass is 16.2. The van der Waals surface area contributed by atoms with Crippen molar-refractivity contribution in [3.05, 3.63) is 130 Å². The number of rotatable bonds is 4. The molecular formula is C35H30N4O3. The Kier molecular flexibility index (Phi) is 5.97. The van der Waals surface area contributed by atoms with E-state index in [2.05, 4.69) is 16.4 Å². The van der Waals surface area contributed by atoms with Crippen LogP contribution < -0.4 is 10.2 Å². The molecule has 0 bridgehead atoms. The summed E-state index contributed by atoms with van der Waals surface area (Å²) in [6.07, 6.45) is 0.430. The molecule has 0 saturated carbocycles. The first-order valence-corrected chi connectivity index (χ1v) is 14.1. The maximum absolute atomic E-state index is 14.1. The Morgan fingerprint density at radius 1 is 0.857 bits per heavy atom. The van der Waals surface area contributed by atoms with Gasteiger partial charge in [-0.1, -0.05) is 54.1 Å². The van der Waals surface area contributed by atoms with Crippen LogP contribution in [0.15, 0.2) is 91.0 Å². The van der Waals surface area contributed by atoms with E-state index in [4.69, 9.17) is 0 Å². The van der Waals surface area contributed by atoms with Gasteiger partial charge in [-0.15, -0.1) is 0 Å². The number of urea groups is 1. The Morgan fingerprint density at radius 3 is 2.33 bits per heavy atom. The number of amides is 4. The molecule has 1 fully saturated rings. The topological polar surface area (TPSA) is 85.5 Å². The van der Waals surface area contributed by atoms with Gasteiger partial charge in [0.1, 0.15) is 12.1 Å². The molecule has 2 unspecified atom stereocenters. The van der Waals surface area contributed by atoms with E-state index >= 15 is 0 Å². The summed E-state index contributed by atoms with van der Waals surface area (Å²) >= 11 is 0. The van der Waals surface area contributed by atoms with Gasteiger partial charge in [0.05, 0.1) is 5.69 Å². The Morgan fingerprint density at radius 2 is 1.60 bits per heavy atom. The van der Waals surface area contributed by atoms with Gasteiger partial charge in [-0.3, -0.25) is 14.5 Å². The smallest absolute Gasteiger partial charge is 0.332 e. The number of aromatic amines is 1. The average Bonchev–Trinajstić information content (AvgIpc) is 3.48. The number of benzene rings is 4. The SMILES string of the molecule is Cc1ccc(C2c3[nH]c4ccccc4c3CC3C(=O)N(c4ccc(C(=O)Nc5ccc(C)c(C)c5)cc4)C(=O)N32)cc1. The summed E-state index contributed by atoms with van der Waals surface area (Å²) in [5, 5.41) is 4.00. The zero-order chi connectivity index (χ0) is 29.1. The summed E-state index contributed by atoms with van der Waals surface area (Å²) in [6.45, 7) is 6.05. The molecule has 1 saturated heterocycles. The second-order valence-electron chi connectivity index (χ2n) is 11.3. The van der Waals surface area contributed by atoms with E-state index in [0.717, 1.165) is 44.4 Å². The minimum absolute atomic E-state index is 0.258. The maximum Gasteiger partial charge on any atom is 0.332 e. The third kappa shape index (κ3) is 4.08. The zero-order valence-electron chi connectivity index (χ0n) is 23.6. The third-order valence-corrected chi connectivity index (χ3v) is 8.59. The summed E-state index contributed by atoms with van der Waals surface area (Å²) in [6, 6.07) is 27.2. The van der Waals surface area contributed by atoms with Crippen LogP contribution in [0, 0.1) is 20.8 Å². The molecule has 2 aliphatic rings. The Balaban J connectivity index is 1.22. The molecule has 1 aromatic heterocycles. The van der Waals surface area contributed by atoms with Gasteiger partial charge in [0.2, 0.25) is 0 Å². The zero-order valence-corrected chi connectivity index (χ0v) is 23.6. The molecule has 7 heteroatoms. The largest absolute Gasteiger partial charge is 0.356 e. The van der Waals surface area contributed by atoms with Gasteiger partial charge < -0.3 is 10.3 Å². The highest BCUT2D eigenvalue weighted by Crippen LogP contribution is 2.44. The number of hydrogen-bond donors (Lipinski definition) is 2. The van der Waals surface area contributed by atoms with Crippen LogP contribution in [0.2, 0.25) is 0 Å². The number of nitrogens with one attached hydrogen (secondary N) is 2. The van der Waals surface area contributed by atoms with Gasteiger partial charge in [0, 0.05) is 34.3 Å². The number of anilines is 2. The molecule has 0 radical (unpaired) electrons. The first-order chi connectivity index (χ1) is 20.3. The van der Waals surface area contributed by atoms with Crippen molar-refractivity contribution in [3.8, 4) is 0 Å². The second kappa shape index (κ2) is 9.73. The predicted octanol–water partition coefficient (Wildman–Crippen LogP) is 6.83. The lowest BCUT2D eigenvalue weighted by molar-refractivity contribution is -0.120. The first kappa shape index (κ1) is 25.8. The minimum Gasteiger partial charge on any atom is -0.356 e. The molecule has 208 valence electrons. The van der Waals surface area contributed by atoms with Crippen molar-refractivity contribution in [1.82, 2.24) is 9.88 Å². The van der Waals surface area contributed by atoms with Gasteiger partial charge in [-0.25, -0.2) is 9.69 Å². The summed E-state index contributed by atoms with van der Waals surface area (Å²) < 4.78 is 0. The highest BCUT2D eigenvalue weighted by Gasteiger charge is 2.53. The van der Waals surface area contributed by atoms with Crippen LogP contribution in [-0.4, -0.2) is 33.8 Å². The number of hydrogen-bond acceptors (Lipinski definition) is 3. The van der Waals surface area contributed by atoms with Crippen molar-refractivity contribution in [3.63, 3.8) is 0 Å². The van der Waals surface area contributed by atoms with E-state index in [9.17, 15) is 14.4 Å². The van der Waals surface area contributed by atoms with Crippen molar-refractivity contribution < 1.29 is 14.4 Å². The van der Waals surface area contributed by atoms with Crippen LogP contribution >= 0.6 is 0 Å². The van der Waals surface area contributed by atoms with Crippen molar-refractivity contribution in [2.75, 3.05) is 10.2 Å². The number of para-hydroxylation sites is 1. The van der Waals surface area contributed by atoms with E-state index in [-0.39, 0.29) is 17.8 Å². The monoisotopic (exact) mass is 554 g/mol. The van der Waals surface area contributed by atoms with Gasteiger partial charge in [-0.05, 0) is 85.5 Å². The number of carbonyl (C=O) groups excluding carboxylic acids is 3. The second-order valence-corrected chi connectivity index (χ2v) is 11.3. The number of imide groups is 1. The van der Waals surface area contributed by atoms with Gasteiger partial charge in [0.25, 0.3) is 11.8 Å². The van der Waals surface area contributed by atoms with Crippen molar-refractivity contribution in [2.45, 2.75) is 39.3 Å². The van der Waals surface area contributed by atoms with Crippen molar-refractivity contribution in [1.29, 1.82) is 0 Å². The van der Waals surface area contributed by atoms with Crippen LogP contribution in [0.5, 0.6) is 0 Å². The molecule has 0 aliphatic carbocycles. The summed E-state index contributed by atoms with van der Waals surface area (Å²) in [7, 11) is 0. The Bertz CT molecular complexity index is 1890. The van der Waals surface area contributed by atoms with Crippen LogP contribution in [0.25, 0.3) is 10.9 Å². The lowest BCUT2D eigenvalue weighted by atomic mass is 9.88. The normalized spacial score (nSPS) is 17.9. The fraction of sp³-hybridized carbons (Fsp3) is 0.171. The minimum atomic E-state index is -0.636.